The Balaban J connectivity index is 1.53. The molecule has 0 atom stereocenters. The van der Waals surface area contributed by atoms with Crippen LogP contribution in [-0.4, -0.2) is 33.5 Å². The van der Waals surface area contributed by atoms with E-state index in [4.69, 9.17) is 0 Å². The first kappa shape index (κ1) is 19.6. The number of rotatable bonds is 5. The number of nitrogens with one attached hydrogen (secondary N) is 2. The summed E-state index contributed by atoms with van der Waals surface area (Å²) >= 11 is 1.22. The highest BCUT2D eigenvalue weighted by Gasteiger charge is 2.15. The second-order valence-electron chi connectivity index (χ2n) is 7.19. The van der Waals surface area contributed by atoms with Crippen molar-refractivity contribution in [3.63, 3.8) is 0 Å². The molecule has 0 aliphatic carbocycles. The molecular weight excluding hydrogens is 374 g/mol. The molecule has 8 heteroatoms. The molecule has 2 amide bonds. The third-order valence-electron chi connectivity index (χ3n) is 3.98. The predicted molar refractivity (Wildman–Crippen MR) is 109 cm³/mol. The molecule has 0 aliphatic heterocycles. The minimum absolute atomic E-state index is 0.0186. The molecule has 0 aliphatic rings. The fourth-order valence-electron chi connectivity index (χ4n) is 2.41. The van der Waals surface area contributed by atoms with Crippen molar-refractivity contribution >= 4 is 28.3 Å². The standard InChI is InChI=1S/C20H21N5O2S/c1-20(2,3)14-9-7-13(8-10-14)17(27)22-12-16(26)23-19-25-24-18(28-19)15-6-4-5-11-21-15/h4-11H,12H2,1-3H3,(H,22,27)(H,23,25,26). The van der Waals surface area contributed by atoms with Crippen LogP contribution in [0.15, 0.2) is 48.7 Å². The summed E-state index contributed by atoms with van der Waals surface area (Å²) in [6, 6.07) is 12.9. The number of benzene rings is 1. The molecule has 3 aromatic rings. The molecule has 0 fully saturated rings. The first-order valence-corrected chi connectivity index (χ1v) is 9.58. The minimum atomic E-state index is -0.372. The Bertz CT molecular complexity index is 962. The van der Waals surface area contributed by atoms with Gasteiger partial charge >= 0.3 is 0 Å². The van der Waals surface area contributed by atoms with Crippen molar-refractivity contribution in [3.8, 4) is 10.7 Å². The van der Waals surface area contributed by atoms with Crippen LogP contribution in [0.2, 0.25) is 0 Å². The van der Waals surface area contributed by atoms with Gasteiger partial charge in [0, 0.05) is 11.8 Å². The summed E-state index contributed by atoms with van der Waals surface area (Å²) in [6.07, 6.45) is 1.67. The molecule has 0 saturated carbocycles. The van der Waals surface area contributed by atoms with Gasteiger partial charge in [0.05, 0.1) is 6.54 Å². The van der Waals surface area contributed by atoms with Crippen LogP contribution in [0.25, 0.3) is 10.7 Å². The van der Waals surface area contributed by atoms with E-state index < -0.39 is 0 Å². The lowest BCUT2D eigenvalue weighted by atomic mass is 9.87. The van der Waals surface area contributed by atoms with E-state index in [0.717, 1.165) is 5.56 Å². The monoisotopic (exact) mass is 395 g/mol. The van der Waals surface area contributed by atoms with Crippen LogP contribution in [0, 0.1) is 0 Å². The van der Waals surface area contributed by atoms with Gasteiger partial charge < -0.3 is 5.32 Å². The number of aromatic nitrogens is 3. The molecule has 0 radical (unpaired) electrons. The Labute approximate surface area is 167 Å². The van der Waals surface area contributed by atoms with Crippen molar-refractivity contribution in [3.05, 3.63) is 59.8 Å². The molecule has 0 unspecified atom stereocenters. The fourth-order valence-corrected chi connectivity index (χ4v) is 3.15. The van der Waals surface area contributed by atoms with E-state index >= 15 is 0 Å². The Kier molecular flexibility index (Phi) is 5.79. The highest BCUT2D eigenvalue weighted by molar-refractivity contribution is 7.18. The van der Waals surface area contributed by atoms with Gasteiger partial charge in [0.25, 0.3) is 5.91 Å². The van der Waals surface area contributed by atoms with Crippen molar-refractivity contribution in [2.75, 3.05) is 11.9 Å². The maximum Gasteiger partial charge on any atom is 0.251 e. The zero-order valence-electron chi connectivity index (χ0n) is 15.9. The van der Waals surface area contributed by atoms with E-state index in [9.17, 15) is 9.59 Å². The largest absolute Gasteiger partial charge is 0.343 e. The number of hydrogen-bond donors (Lipinski definition) is 2. The lowest BCUT2D eigenvalue weighted by molar-refractivity contribution is -0.115. The van der Waals surface area contributed by atoms with E-state index in [2.05, 4.69) is 46.6 Å². The van der Waals surface area contributed by atoms with Gasteiger partial charge in [-0.15, -0.1) is 10.2 Å². The predicted octanol–water partition coefficient (Wildman–Crippen LogP) is 3.27. The summed E-state index contributed by atoms with van der Waals surface area (Å²) in [5.74, 6) is -0.676. The lowest BCUT2D eigenvalue weighted by Gasteiger charge is -2.19. The number of pyridine rings is 1. The molecule has 28 heavy (non-hydrogen) atoms. The topological polar surface area (TPSA) is 96.9 Å². The van der Waals surface area contributed by atoms with Crippen LogP contribution in [-0.2, 0) is 10.2 Å². The molecule has 0 bridgehead atoms. The summed E-state index contributed by atoms with van der Waals surface area (Å²) in [6.45, 7) is 6.18. The summed E-state index contributed by atoms with van der Waals surface area (Å²) in [7, 11) is 0. The van der Waals surface area contributed by atoms with Crippen molar-refractivity contribution in [1.82, 2.24) is 20.5 Å². The number of carbonyl (C=O) groups excluding carboxylic acids is 2. The molecule has 2 N–H and O–H groups in total. The average Bonchev–Trinajstić information content (AvgIpc) is 3.14. The minimum Gasteiger partial charge on any atom is -0.343 e. The van der Waals surface area contributed by atoms with Gasteiger partial charge in [-0.3, -0.25) is 19.9 Å². The zero-order valence-corrected chi connectivity index (χ0v) is 16.7. The van der Waals surface area contributed by atoms with Gasteiger partial charge in [0.15, 0.2) is 5.01 Å². The molecule has 7 nitrogen and oxygen atoms in total. The third-order valence-corrected chi connectivity index (χ3v) is 4.84. The average molecular weight is 395 g/mol. The molecular formula is C20H21N5O2S. The Morgan fingerprint density at radius 1 is 1.04 bits per heavy atom. The Morgan fingerprint density at radius 3 is 2.43 bits per heavy atom. The third kappa shape index (κ3) is 4.98. The van der Waals surface area contributed by atoms with Crippen LogP contribution in [0.5, 0.6) is 0 Å². The number of nitrogens with zero attached hydrogens (tertiary/aromatic N) is 3. The number of carbonyl (C=O) groups is 2. The van der Waals surface area contributed by atoms with Gasteiger partial charge in [-0.1, -0.05) is 50.3 Å². The molecule has 1 aromatic carbocycles. The highest BCUT2D eigenvalue weighted by Crippen LogP contribution is 2.24. The first-order chi connectivity index (χ1) is 13.3. The molecule has 3 rings (SSSR count). The molecule has 144 valence electrons. The van der Waals surface area contributed by atoms with Crippen molar-refractivity contribution in [1.29, 1.82) is 0 Å². The van der Waals surface area contributed by atoms with E-state index in [1.54, 1.807) is 18.3 Å². The van der Waals surface area contributed by atoms with Crippen LogP contribution < -0.4 is 10.6 Å². The maximum atomic E-state index is 12.2. The molecule has 2 aromatic heterocycles. The van der Waals surface area contributed by atoms with Gasteiger partial charge in [-0.2, -0.15) is 0 Å². The SMILES string of the molecule is CC(C)(C)c1ccc(C(=O)NCC(=O)Nc2nnc(-c3ccccn3)s2)cc1. The van der Waals surface area contributed by atoms with Gasteiger partial charge in [0.1, 0.15) is 5.69 Å². The van der Waals surface area contributed by atoms with Crippen molar-refractivity contribution in [2.45, 2.75) is 26.2 Å². The summed E-state index contributed by atoms with van der Waals surface area (Å²) in [5, 5.41) is 14.2. The van der Waals surface area contributed by atoms with E-state index in [0.29, 0.717) is 21.4 Å². The Hall–Kier alpha value is -3.13. The number of hydrogen-bond acceptors (Lipinski definition) is 6. The number of anilines is 1. The van der Waals surface area contributed by atoms with E-state index in [1.807, 2.05) is 30.3 Å². The second kappa shape index (κ2) is 8.26. The fraction of sp³-hybridized carbons (Fsp3) is 0.250. The van der Waals surface area contributed by atoms with Crippen LogP contribution in [0.3, 0.4) is 0 Å². The van der Waals surface area contributed by atoms with Crippen LogP contribution in [0.4, 0.5) is 5.13 Å². The lowest BCUT2D eigenvalue weighted by Crippen LogP contribution is -2.32. The molecule has 2 heterocycles. The second-order valence-corrected chi connectivity index (χ2v) is 8.16. The van der Waals surface area contributed by atoms with Crippen LogP contribution in [0.1, 0.15) is 36.7 Å². The number of amides is 2. The van der Waals surface area contributed by atoms with Gasteiger partial charge in [-0.05, 0) is 35.2 Å². The smallest absolute Gasteiger partial charge is 0.251 e. The normalized spacial score (nSPS) is 11.1. The van der Waals surface area contributed by atoms with E-state index in [-0.39, 0.29) is 23.8 Å². The van der Waals surface area contributed by atoms with Crippen LogP contribution >= 0.6 is 11.3 Å². The van der Waals surface area contributed by atoms with Gasteiger partial charge in [0.2, 0.25) is 11.0 Å². The Morgan fingerprint density at radius 2 is 1.79 bits per heavy atom. The summed E-state index contributed by atoms with van der Waals surface area (Å²) in [4.78, 5) is 28.5. The van der Waals surface area contributed by atoms with Crippen molar-refractivity contribution in [2.24, 2.45) is 0 Å². The quantitative estimate of drug-likeness (QED) is 0.691. The molecule has 0 spiro atoms. The maximum absolute atomic E-state index is 12.2. The van der Waals surface area contributed by atoms with E-state index in [1.165, 1.54) is 11.3 Å². The summed E-state index contributed by atoms with van der Waals surface area (Å²) in [5.41, 5.74) is 2.36. The van der Waals surface area contributed by atoms with Crippen molar-refractivity contribution < 1.29 is 9.59 Å². The first-order valence-electron chi connectivity index (χ1n) is 8.76. The zero-order chi connectivity index (χ0) is 20.1. The van der Waals surface area contributed by atoms with Gasteiger partial charge in [-0.25, -0.2) is 0 Å². The highest BCUT2D eigenvalue weighted by atomic mass is 32.1. The summed E-state index contributed by atoms with van der Waals surface area (Å²) < 4.78 is 0. The molecule has 0 saturated heterocycles.